The molecule has 0 aromatic rings. The Balaban J connectivity index is 0.00000200. The molecule has 1 unspecified atom stereocenters. The lowest BCUT2D eigenvalue weighted by Crippen LogP contribution is -2.47. The number of carbonyl (C=O) groups is 2. The van der Waals surface area contributed by atoms with E-state index in [4.69, 9.17) is 5.73 Å². The van der Waals surface area contributed by atoms with Gasteiger partial charge in [-0.05, 0) is 18.8 Å². The Morgan fingerprint density at radius 3 is 2.35 bits per heavy atom. The lowest BCUT2D eigenvalue weighted by atomic mass is 9.93. The van der Waals surface area contributed by atoms with Crippen LogP contribution in [0.4, 0.5) is 8.78 Å². The van der Waals surface area contributed by atoms with E-state index < -0.39 is 24.9 Å². The van der Waals surface area contributed by atoms with Crippen LogP contribution in [-0.2, 0) is 9.59 Å². The maximum Gasteiger partial charge on any atom is 0.262 e. The third-order valence-electron chi connectivity index (χ3n) is 3.82. The van der Waals surface area contributed by atoms with Gasteiger partial charge in [-0.25, -0.2) is 8.78 Å². The Morgan fingerprint density at radius 1 is 1.30 bits per heavy atom. The van der Waals surface area contributed by atoms with Gasteiger partial charge < -0.3 is 10.6 Å². The van der Waals surface area contributed by atoms with E-state index in [0.29, 0.717) is 32.4 Å². The van der Waals surface area contributed by atoms with Gasteiger partial charge in [-0.3, -0.25) is 14.9 Å². The van der Waals surface area contributed by atoms with E-state index in [1.54, 1.807) is 4.90 Å². The molecule has 2 heterocycles. The number of hydrogen-bond donors (Lipinski definition) is 2. The molecule has 0 saturated carbocycles. The van der Waals surface area contributed by atoms with Crippen molar-refractivity contribution >= 4 is 24.2 Å². The first kappa shape index (κ1) is 17.1. The highest BCUT2D eigenvalue weighted by molar-refractivity contribution is 5.85. The smallest absolute Gasteiger partial charge is 0.262 e. The number of nitrogens with two attached hydrogens (primary N) is 1. The Hall–Kier alpha value is -0.950. The molecule has 2 aliphatic rings. The Labute approximate surface area is 122 Å². The summed E-state index contributed by atoms with van der Waals surface area (Å²) in [5, 5.41) is 2.57. The van der Waals surface area contributed by atoms with Crippen LogP contribution in [0.1, 0.15) is 25.7 Å². The average molecular weight is 312 g/mol. The number of primary amides is 1. The summed E-state index contributed by atoms with van der Waals surface area (Å²) < 4.78 is 26.1. The first-order valence-electron chi connectivity index (χ1n) is 6.56. The highest BCUT2D eigenvalue weighted by Gasteiger charge is 2.43. The molecular formula is C12H20ClF2N3O2. The monoisotopic (exact) mass is 311 g/mol. The van der Waals surface area contributed by atoms with Crippen LogP contribution in [0.15, 0.2) is 0 Å². The number of likely N-dealkylation sites (tertiary alicyclic amines) is 1. The van der Waals surface area contributed by atoms with Crippen molar-refractivity contribution in [2.75, 3.05) is 19.6 Å². The zero-order valence-corrected chi connectivity index (χ0v) is 11.9. The van der Waals surface area contributed by atoms with Crippen LogP contribution in [-0.4, -0.2) is 48.3 Å². The molecule has 0 bridgehead atoms. The van der Waals surface area contributed by atoms with Crippen LogP contribution in [0.25, 0.3) is 0 Å². The van der Waals surface area contributed by atoms with E-state index in [2.05, 4.69) is 5.32 Å². The second-order valence-electron chi connectivity index (χ2n) is 5.43. The molecule has 0 aromatic carbocycles. The average Bonchev–Trinajstić information content (AvgIpc) is 2.69. The molecule has 0 aromatic heterocycles. The predicted molar refractivity (Wildman–Crippen MR) is 71.7 cm³/mol. The van der Waals surface area contributed by atoms with Crippen LogP contribution in [0.2, 0.25) is 0 Å². The van der Waals surface area contributed by atoms with Crippen molar-refractivity contribution in [2.24, 2.45) is 11.7 Å². The molecule has 20 heavy (non-hydrogen) atoms. The maximum atomic E-state index is 13.0. The summed E-state index contributed by atoms with van der Waals surface area (Å²) in [6, 6.07) is -0.775. The Kier molecular flexibility index (Phi) is 5.70. The molecule has 2 aliphatic heterocycles. The lowest BCUT2D eigenvalue weighted by molar-refractivity contribution is -0.135. The number of alkyl halides is 2. The van der Waals surface area contributed by atoms with Crippen molar-refractivity contribution in [2.45, 2.75) is 37.6 Å². The van der Waals surface area contributed by atoms with Gasteiger partial charge in [0, 0.05) is 25.9 Å². The quantitative estimate of drug-likeness (QED) is 0.798. The van der Waals surface area contributed by atoms with Gasteiger partial charge in [-0.15, -0.1) is 12.4 Å². The summed E-state index contributed by atoms with van der Waals surface area (Å²) in [6.07, 6.45) is 1.32. The minimum absolute atomic E-state index is 0. The number of rotatable bonds is 3. The summed E-state index contributed by atoms with van der Waals surface area (Å²) in [5.74, 6) is -3.17. The topological polar surface area (TPSA) is 75.4 Å². The molecule has 0 spiro atoms. The number of amides is 2. The second-order valence-corrected chi connectivity index (χ2v) is 5.43. The van der Waals surface area contributed by atoms with Crippen molar-refractivity contribution in [3.05, 3.63) is 0 Å². The number of piperidine rings is 1. The van der Waals surface area contributed by atoms with Crippen molar-refractivity contribution in [3.8, 4) is 0 Å². The second kappa shape index (κ2) is 6.67. The van der Waals surface area contributed by atoms with Gasteiger partial charge in [0.2, 0.25) is 11.8 Å². The molecule has 116 valence electrons. The van der Waals surface area contributed by atoms with Crippen LogP contribution in [0.3, 0.4) is 0 Å². The summed E-state index contributed by atoms with van der Waals surface area (Å²) in [4.78, 5) is 24.5. The normalized spacial score (nSPS) is 26.1. The van der Waals surface area contributed by atoms with E-state index >= 15 is 0 Å². The van der Waals surface area contributed by atoms with Crippen molar-refractivity contribution in [3.63, 3.8) is 0 Å². The molecule has 3 N–H and O–H groups in total. The lowest BCUT2D eigenvalue weighted by Gasteiger charge is -2.33. The SMILES string of the molecule is Cl.NC(=O)CC1CCN(C(=O)C2CC(F)(F)CN2)CC1. The predicted octanol–water partition coefficient (Wildman–Crippen LogP) is 0.519. The third-order valence-corrected chi connectivity index (χ3v) is 3.82. The Morgan fingerprint density at radius 2 is 1.90 bits per heavy atom. The zero-order chi connectivity index (χ0) is 14.0. The van der Waals surface area contributed by atoms with E-state index in [-0.39, 0.29) is 30.1 Å². The third kappa shape index (κ3) is 4.28. The van der Waals surface area contributed by atoms with Gasteiger partial charge in [-0.2, -0.15) is 0 Å². The highest BCUT2D eigenvalue weighted by atomic mass is 35.5. The first-order chi connectivity index (χ1) is 8.87. The molecular weight excluding hydrogens is 292 g/mol. The molecule has 0 radical (unpaired) electrons. The Bertz CT molecular complexity index is 374. The summed E-state index contributed by atoms with van der Waals surface area (Å²) in [5.41, 5.74) is 5.13. The molecule has 2 fully saturated rings. The van der Waals surface area contributed by atoms with Gasteiger partial charge >= 0.3 is 0 Å². The molecule has 8 heteroatoms. The fraction of sp³-hybridized carbons (Fsp3) is 0.833. The van der Waals surface area contributed by atoms with E-state index in [1.807, 2.05) is 0 Å². The van der Waals surface area contributed by atoms with Gasteiger partial charge in [-0.1, -0.05) is 0 Å². The largest absolute Gasteiger partial charge is 0.370 e. The summed E-state index contributed by atoms with van der Waals surface area (Å²) in [7, 11) is 0. The summed E-state index contributed by atoms with van der Waals surface area (Å²) >= 11 is 0. The fourth-order valence-electron chi connectivity index (χ4n) is 2.75. The molecule has 0 aliphatic carbocycles. The van der Waals surface area contributed by atoms with Gasteiger partial charge in [0.15, 0.2) is 0 Å². The van der Waals surface area contributed by atoms with Crippen LogP contribution < -0.4 is 11.1 Å². The number of nitrogens with one attached hydrogen (secondary N) is 1. The fourth-order valence-corrected chi connectivity index (χ4v) is 2.75. The van der Waals surface area contributed by atoms with Gasteiger partial charge in [0.25, 0.3) is 5.92 Å². The van der Waals surface area contributed by atoms with E-state index in [0.717, 1.165) is 0 Å². The number of carbonyl (C=O) groups excluding carboxylic acids is 2. The van der Waals surface area contributed by atoms with Crippen molar-refractivity contribution in [1.82, 2.24) is 10.2 Å². The van der Waals surface area contributed by atoms with Crippen molar-refractivity contribution < 1.29 is 18.4 Å². The minimum Gasteiger partial charge on any atom is -0.370 e. The number of hydrogen-bond acceptors (Lipinski definition) is 3. The maximum absolute atomic E-state index is 13.0. The van der Waals surface area contributed by atoms with Crippen LogP contribution >= 0.6 is 12.4 Å². The molecule has 2 amide bonds. The van der Waals surface area contributed by atoms with Gasteiger partial charge in [0.05, 0.1) is 12.6 Å². The number of halogens is 3. The summed E-state index contributed by atoms with van der Waals surface area (Å²) in [6.45, 7) is 0.600. The number of nitrogens with zero attached hydrogens (tertiary/aromatic N) is 1. The van der Waals surface area contributed by atoms with Gasteiger partial charge in [0.1, 0.15) is 0 Å². The minimum atomic E-state index is -2.79. The van der Waals surface area contributed by atoms with E-state index in [1.165, 1.54) is 0 Å². The zero-order valence-electron chi connectivity index (χ0n) is 11.1. The van der Waals surface area contributed by atoms with Crippen molar-refractivity contribution in [1.29, 1.82) is 0 Å². The van der Waals surface area contributed by atoms with Crippen LogP contribution in [0.5, 0.6) is 0 Å². The first-order valence-corrected chi connectivity index (χ1v) is 6.56. The standard InChI is InChI=1S/C12H19F2N3O2.ClH/c13-12(14)6-9(16-7-12)11(19)17-3-1-8(2-4-17)5-10(15)18;/h8-9,16H,1-7H2,(H2,15,18);1H. The molecule has 1 atom stereocenters. The molecule has 2 saturated heterocycles. The highest BCUT2D eigenvalue weighted by Crippen LogP contribution is 2.27. The van der Waals surface area contributed by atoms with E-state index in [9.17, 15) is 18.4 Å². The molecule has 5 nitrogen and oxygen atoms in total. The molecule has 2 rings (SSSR count). The van der Waals surface area contributed by atoms with Crippen LogP contribution in [0, 0.1) is 5.92 Å².